The fourth-order valence-corrected chi connectivity index (χ4v) is 2.97. The summed E-state index contributed by atoms with van der Waals surface area (Å²) in [6.45, 7) is 2.65. The smallest absolute Gasteiger partial charge is 0.163 e. The highest BCUT2D eigenvalue weighted by Crippen LogP contribution is 2.33. The van der Waals surface area contributed by atoms with Gasteiger partial charge in [-0.15, -0.1) is 0 Å². The number of nitrogens with zero attached hydrogens (tertiary/aromatic N) is 3. The van der Waals surface area contributed by atoms with Gasteiger partial charge in [-0.25, -0.2) is 4.98 Å². The Kier molecular flexibility index (Phi) is 5.10. The number of hydrogen-bond acceptors (Lipinski definition) is 5. The molecule has 1 unspecified atom stereocenters. The van der Waals surface area contributed by atoms with Crippen molar-refractivity contribution in [1.82, 2.24) is 9.55 Å². The summed E-state index contributed by atoms with van der Waals surface area (Å²) >= 11 is 0. The van der Waals surface area contributed by atoms with E-state index < -0.39 is 0 Å². The van der Waals surface area contributed by atoms with Gasteiger partial charge in [0.15, 0.2) is 11.5 Å². The third kappa shape index (κ3) is 3.22. The molecule has 6 nitrogen and oxygen atoms in total. The summed E-state index contributed by atoms with van der Waals surface area (Å²) in [5.74, 6) is 2.11. The molecule has 0 fully saturated rings. The molecule has 26 heavy (non-hydrogen) atoms. The molecule has 0 aliphatic heterocycles. The molecule has 2 N–H and O–H groups in total. The Labute approximate surface area is 152 Å². The third-order valence-electron chi connectivity index (χ3n) is 4.48. The minimum absolute atomic E-state index is 0.169. The topological polar surface area (TPSA) is 86.1 Å². The number of benzene rings is 2. The molecule has 0 aliphatic rings. The van der Waals surface area contributed by atoms with Crippen molar-refractivity contribution in [3.8, 4) is 17.6 Å². The van der Waals surface area contributed by atoms with Crippen LogP contribution in [0, 0.1) is 11.3 Å². The first kappa shape index (κ1) is 17.8. The molecule has 0 aliphatic carbocycles. The number of aromatic nitrogens is 2. The zero-order valence-corrected chi connectivity index (χ0v) is 15.2. The Bertz CT molecular complexity index is 955. The minimum Gasteiger partial charge on any atom is -0.493 e. The van der Waals surface area contributed by atoms with Crippen molar-refractivity contribution < 1.29 is 9.47 Å². The van der Waals surface area contributed by atoms with Crippen molar-refractivity contribution in [2.45, 2.75) is 25.9 Å². The summed E-state index contributed by atoms with van der Waals surface area (Å²) in [6, 6.07) is 13.3. The van der Waals surface area contributed by atoms with Gasteiger partial charge >= 0.3 is 0 Å². The van der Waals surface area contributed by atoms with E-state index in [0.29, 0.717) is 23.6 Å². The van der Waals surface area contributed by atoms with Crippen molar-refractivity contribution >= 4 is 11.0 Å². The van der Waals surface area contributed by atoms with Crippen LogP contribution in [0.4, 0.5) is 0 Å². The van der Waals surface area contributed by atoms with Gasteiger partial charge in [-0.2, -0.15) is 5.26 Å². The van der Waals surface area contributed by atoms with E-state index in [0.717, 1.165) is 28.8 Å². The maximum absolute atomic E-state index is 8.97. The highest BCUT2D eigenvalue weighted by atomic mass is 16.5. The fraction of sp³-hybridized carbons (Fsp3) is 0.300. The predicted molar refractivity (Wildman–Crippen MR) is 100 cm³/mol. The van der Waals surface area contributed by atoms with Gasteiger partial charge in [0.05, 0.1) is 42.9 Å². The maximum atomic E-state index is 8.97. The van der Waals surface area contributed by atoms with Crippen LogP contribution in [0.5, 0.6) is 11.5 Å². The van der Waals surface area contributed by atoms with Crippen LogP contribution in [0.15, 0.2) is 36.4 Å². The first-order chi connectivity index (χ1) is 12.6. The number of ether oxygens (including phenoxy) is 2. The number of imidazole rings is 1. The summed E-state index contributed by atoms with van der Waals surface area (Å²) < 4.78 is 12.9. The van der Waals surface area contributed by atoms with Crippen LogP contribution in [-0.4, -0.2) is 23.8 Å². The van der Waals surface area contributed by atoms with Crippen LogP contribution in [0.25, 0.3) is 11.0 Å². The monoisotopic (exact) mass is 350 g/mol. The second-order valence-corrected chi connectivity index (χ2v) is 6.08. The summed E-state index contributed by atoms with van der Waals surface area (Å²) in [6.07, 6.45) is 0.783. The largest absolute Gasteiger partial charge is 0.493 e. The van der Waals surface area contributed by atoms with Crippen molar-refractivity contribution in [1.29, 1.82) is 5.26 Å². The quantitative estimate of drug-likeness (QED) is 0.736. The number of hydrogen-bond donors (Lipinski definition) is 1. The summed E-state index contributed by atoms with van der Waals surface area (Å²) in [7, 11) is 3.22. The van der Waals surface area contributed by atoms with Crippen LogP contribution >= 0.6 is 0 Å². The molecular weight excluding hydrogens is 328 g/mol. The van der Waals surface area contributed by atoms with Gasteiger partial charge in [0, 0.05) is 18.7 Å². The third-order valence-corrected chi connectivity index (χ3v) is 4.48. The van der Waals surface area contributed by atoms with Gasteiger partial charge in [-0.3, -0.25) is 0 Å². The summed E-state index contributed by atoms with van der Waals surface area (Å²) in [5.41, 5.74) is 9.77. The molecule has 0 spiro atoms. The summed E-state index contributed by atoms with van der Waals surface area (Å²) in [4.78, 5) is 4.75. The molecule has 1 aromatic heterocycles. The second-order valence-electron chi connectivity index (χ2n) is 6.08. The molecule has 3 aromatic rings. The molecule has 0 radical (unpaired) electrons. The van der Waals surface area contributed by atoms with Crippen LogP contribution in [-0.2, 0) is 6.54 Å². The lowest BCUT2D eigenvalue weighted by Crippen LogP contribution is -2.16. The van der Waals surface area contributed by atoms with Crippen molar-refractivity contribution in [3.63, 3.8) is 0 Å². The second kappa shape index (κ2) is 7.46. The Morgan fingerprint density at radius 1 is 1.15 bits per heavy atom. The molecular formula is C20H22N4O2. The van der Waals surface area contributed by atoms with E-state index in [1.807, 2.05) is 43.3 Å². The van der Waals surface area contributed by atoms with Gasteiger partial charge in [-0.1, -0.05) is 19.1 Å². The molecule has 2 aromatic carbocycles. The van der Waals surface area contributed by atoms with E-state index in [2.05, 4.69) is 10.6 Å². The van der Waals surface area contributed by atoms with Crippen molar-refractivity contribution in [2.75, 3.05) is 14.2 Å². The average molecular weight is 350 g/mol. The Balaban J connectivity index is 2.14. The predicted octanol–water partition coefficient (Wildman–Crippen LogP) is 3.38. The Hall–Kier alpha value is -3.04. The van der Waals surface area contributed by atoms with Gasteiger partial charge in [0.25, 0.3) is 0 Å². The highest BCUT2D eigenvalue weighted by molar-refractivity contribution is 5.81. The van der Waals surface area contributed by atoms with E-state index >= 15 is 0 Å². The average Bonchev–Trinajstić information content (AvgIpc) is 3.04. The number of nitrogens with two attached hydrogens (primary N) is 1. The number of nitriles is 1. The highest BCUT2D eigenvalue weighted by Gasteiger charge is 2.19. The van der Waals surface area contributed by atoms with Crippen LogP contribution in [0.3, 0.4) is 0 Å². The molecule has 0 amide bonds. The maximum Gasteiger partial charge on any atom is 0.163 e. The number of methoxy groups -OCH3 is 2. The van der Waals surface area contributed by atoms with Crippen LogP contribution in [0.2, 0.25) is 0 Å². The first-order valence-corrected chi connectivity index (χ1v) is 8.48. The van der Waals surface area contributed by atoms with Gasteiger partial charge in [-0.05, 0) is 24.1 Å². The molecule has 0 bridgehead atoms. The molecule has 6 heteroatoms. The lowest BCUT2D eigenvalue weighted by Gasteiger charge is -2.14. The number of fused-ring (bicyclic) bond motifs is 1. The van der Waals surface area contributed by atoms with E-state index in [1.165, 1.54) is 0 Å². The minimum atomic E-state index is -0.169. The van der Waals surface area contributed by atoms with Crippen LogP contribution in [0.1, 0.15) is 36.3 Å². The molecule has 134 valence electrons. The van der Waals surface area contributed by atoms with Gasteiger partial charge in [0.2, 0.25) is 0 Å². The Morgan fingerprint density at radius 3 is 2.38 bits per heavy atom. The molecule has 0 saturated heterocycles. The molecule has 0 saturated carbocycles. The lowest BCUT2D eigenvalue weighted by atomic mass is 10.1. The lowest BCUT2D eigenvalue weighted by molar-refractivity contribution is 0.355. The standard InChI is InChI=1S/C20H22N4O2/c1-4-15(22)20-23-16-9-18(25-2)19(26-3)10-17(16)24(20)12-14-7-5-13(11-21)6-8-14/h5-10,15H,4,12,22H2,1-3H3. The van der Waals surface area contributed by atoms with Crippen molar-refractivity contribution in [3.05, 3.63) is 53.3 Å². The van der Waals surface area contributed by atoms with Crippen LogP contribution < -0.4 is 15.2 Å². The summed E-state index contributed by atoms with van der Waals surface area (Å²) in [5, 5.41) is 8.97. The Morgan fingerprint density at radius 2 is 1.81 bits per heavy atom. The normalized spacial score (nSPS) is 12.0. The zero-order chi connectivity index (χ0) is 18.7. The van der Waals surface area contributed by atoms with E-state index in [1.54, 1.807) is 14.2 Å². The van der Waals surface area contributed by atoms with Gasteiger partial charge in [0.1, 0.15) is 5.82 Å². The number of rotatable bonds is 6. The van der Waals surface area contributed by atoms with E-state index in [9.17, 15) is 0 Å². The van der Waals surface area contributed by atoms with Crippen molar-refractivity contribution in [2.24, 2.45) is 5.73 Å². The molecule has 1 atom stereocenters. The van der Waals surface area contributed by atoms with E-state index in [-0.39, 0.29) is 6.04 Å². The zero-order valence-electron chi connectivity index (χ0n) is 15.2. The van der Waals surface area contributed by atoms with Gasteiger partial charge < -0.3 is 19.8 Å². The van der Waals surface area contributed by atoms with E-state index in [4.69, 9.17) is 25.5 Å². The molecule has 3 rings (SSSR count). The SMILES string of the molecule is CCC(N)c1nc2cc(OC)c(OC)cc2n1Cc1ccc(C#N)cc1. The fourth-order valence-electron chi connectivity index (χ4n) is 2.97. The first-order valence-electron chi connectivity index (χ1n) is 8.48. The molecule has 1 heterocycles.